The Bertz CT molecular complexity index is 874. The van der Waals surface area contributed by atoms with Crippen molar-refractivity contribution in [2.45, 2.75) is 49.6 Å². The average Bonchev–Trinajstić information content (AvgIpc) is 3.21. The number of hydrogen-bond acceptors (Lipinski definition) is 6. The molecule has 6 nitrogen and oxygen atoms in total. The van der Waals surface area contributed by atoms with Gasteiger partial charge in [0.15, 0.2) is 16.8 Å². The molecule has 130 valence electrons. The van der Waals surface area contributed by atoms with E-state index in [2.05, 4.69) is 27.3 Å². The molecule has 2 aromatic heterocycles. The number of thioether (sulfide) groups is 1. The number of halogens is 1. The third kappa shape index (κ3) is 3.44. The molecule has 1 aliphatic rings. The molecule has 4 rings (SSSR count). The van der Waals surface area contributed by atoms with E-state index >= 15 is 0 Å². The first kappa shape index (κ1) is 16.3. The van der Waals surface area contributed by atoms with Crippen LogP contribution < -0.4 is 0 Å². The van der Waals surface area contributed by atoms with Crippen molar-refractivity contribution in [1.29, 1.82) is 0 Å². The number of aryl methyl sites for hydroxylation is 1. The minimum absolute atomic E-state index is 0.283. The Kier molecular flexibility index (Phi) is 4.52. The minimum Gasteiger partial charge on any atom is -0.338 e. The Balaban J connectivity index is 1.57. The highest BCUT2D eigenvalue weighted by molar-refractivity contribution is 7.98. The lowest BCUT2D eigenvalue weighted by Gasteiger charge is -2.08. The summed E-state index contributed by atoms with van der Waals surface area (Å²) in [6.07, 6.45) is 3.92. The highest BCUT2D eigenvalue weighted by atomic mass is 32.2. The van der Waals surface area contributed by atoms with Gasteiger partial charge in [0.05, 0.1) is 11.3 Å². The van der Waals surface area contributed by atoms with Crippen LogP contribution >= 0.6 is 11.8 Å². The third-order valence-electron chi connectivity index (χ3n) is 4.00. The molecule has 0 amide bonds. The maximum Gasteiger partial charge on any atom is 0.237 e. The average molecular weight is 359 g/mol. The fourth-order valence-corrected chi connectivity index (χ4v) is 3.51. The minimum atomic E-state index is -0.283. The van der Waals surface area contributed by atoms with Gasteiger partial charge in [-0.05, 0) is 31.4 Å². The van der Waals surface area contributed by atoms with Crippen molar-refractivity contribution >= 4 is 11.8 Å². The van der Waals surface area contributed by atoms with E-state index in [1.54, 1.807) is 12.1 Å². The van der Waals surface area contributed by atoms with Crippen LogP contribution in [0.3, 0.4) is 0 Å². The summed E-state index contributed by atoms with van der Waals surface area (Å²) in [5.74, 6) is 2.13. The van der Waals surface area contributed by atoms with Crippen LogP contribution in [0.1, 0.15) is 43.9 Å². The van der Waals surface area contributed by atoms with Crippen LogP contribution in [-0.4, -0.2) is 24.9 Å². The van der Waals surface area contributed by atoms with E-state index in [0.29, 0.717) is 29.1 Å². The van der Waals surface area contributed by atoms with Gasteiger partial charge < -0.3 is 4.52 Å². The van der Waals surface area contributed by atoms with Crippen LogP contribution in [0, 0.1) is 5.82 Å². The van der Waals surface area contributed by atoms with Gasteiger partial charge >= 0.3 is 0 Å². The molecule has 8 heteroatoms. The van der Waals surface area contributed by atoms with Gasteiger partial charge in [0, 0.05) is 12.5 Å². The maximum absolute atomic E-state index is 14.2. The van der Waals surface area contributed by atoms with Gasteiger partial charge in [0.25, 0.3) is 0 Å². The summed E-state index contributed by atoms with van der Waals surface area (Å²) in [7, 11) is 0. The SMILES string of the molecule is CCCc1noc(CSc2nnc(-c3ccccc3F)n2C2CC2)n1. The van der Waals surface area contributed by atoms with E-state index in [0.717, 1.165) is 36.7 Å². The molecule has 0 spiro atoms. The molecule has 0 aliphatic heterocycles. The van der Waals surface area contributed by atoms with Gasteiger partial charge in [-0.1, -0.05) is 36.0 Å². The van der Waals surface area contributed by atoms with Crippen LogP contribution in [0.4, 0.5) is 4.39 Å². The van der Waals surface area contributed by atoms with Crippen LogP contribution in [0.15, 0.2) is 33.9 Å². The summed E-state index contributed by atoms with van der Waals surface area (Å²) in [5.41, 5.74) is 0.483. The second-order valence-electron chi connectivity index (χ2n) is 6.03. The monoisotopic (exact) mass is 359 g/mol. The van der Waals surface area contributed by atoms with Gasteiger partial charge in [-0.15, -0.1) is 10.2 Å². The van der Waals surface area contributed by atoms with Gasteiger partial charge in [-0.2, -0.15) is 4.98 Å². The van der Waals surface area contributed by atoms with Crippen molar-refractivity contribution < 1.29 is 8.91 Å². The molecule has 0 N–H and O–H groups in total. The zero-order valence-corrected chi connectivity index (χ0v) is 14.7. The third-order valence-corrected chi connectivity index (χ3v) is 4.93. The van der Waals surface area contributed by atoms with E-state index < -0.39 is 0 Å². The molecule has 1 aromatic carbocycles. The number of hydrogen-bond donors (Lipinski definition) is 0. The summed E-state index contributed by atoms with van der Waals surface area (Å²) in [6, 6.07) is 7.01. The lowest BCUT2D eigenvalue weighted by molar-refractivity contribution is 0.384. The topological polar surface area (TPSA) is 69.6 Å². The largest absolute Gasteiger partial charge is 0.338 e. The van der Waals surface area contributed by atoms with Crippen LogP contribution in [0.5, 0.6) is 0 Å². The Morgan fingerprint density at radius 3 is 2.88 bits per heavy atom. The van der Waals surface area contributed by atoms with Crippen molar-refractivity contribution in [2.75, 3.05) is 0 Å². The molecule has 0 radical (unpaired) electrons. The van der Waals surface area contributed by atoms with E-state index in [9.17, 15) is 4.39 Å². The van der Waals surface area contributed by atoms with E-state index in [1.807, 2.05) is 10.6 Å². The molecule has 0 atom stereocenters. The molecule has 0 bridgehead atoms. The molecular weight excluding hydrogens is 341 g/mol. The number of benzene rings is 1. The van der Waals surface area contributed by atoms with Crippen molar-refractivity contribution in [1.82, 2.24) is 24.9 Å². The molecule has 1 saturated carbocycles. The van der Waals surface area contributed by atoms with Crippen molar-refractivity contribution in [2.24, 2.45) is 0 Å². The standard InChI is InChI=1S/C17H18FN5OS/c1-2-5-14-19-15(24-22-14)10-25-17-21-20-16(23(17)11-8-9-11)12-6-3-4-7-13(12)18/h3-4,6-7,11H,2,5,8-10H2,1H3. The lowest BCUT2D eigenvalue weighted by atomic mass is 10.2. The fourth-order valence-electron chi connectivity index (χ4n) is 2.66. The summed E-state index contributed by atoms with van der Waals surface area (Å²) < 4.78 is 21.5. The zero-order valence-electron chi connectivity index (χ0n) is 13.9. The van der Waals surface area contributed by atoms with Crippen molar-refractivity contribution in [3.63, 3.8) is 0 Å². The Hall–Kier alpha value is -2.22. The number of nitrogens with zero attached hydrogens (tertiary/aromatic N) is 5. The van der Waals surface area contributed by atoms with Gasteiger partial charge in [-0.3, -0.25) is 4.57 Å². The van der Waals surface area contributed by atoms with Crippen molar-refractivity contribution in [3.05, 3.63) is 41.8 Å². The van der Waals surface area contributed by atoms with Gasteiger partial charge in [-0.25, -0.2) is 4.39 Å². The van der Waals surface area contributed by atoms with Crippen LogP contribution in [0.2, 0.25) is 0 Å². The quantitative estimate of drug-likeness (QED) is 0.593. The Labute approximate surface area is 148 Å². The first-order valence-corrected chi connectivity index (χ1v) is 9.39. The van der Waals surface area contributed by atoms with Crippen LogP contribution in [-0.2, 0) is 12.2 Å². The Morgan fingerprint density at radius 2 is 2.12 bits per heavy atom. The first-order chi connectivity index (χ1) is 12.3. The predicted octanol–water partition coefficient (Wildman–Crippen LogP) is 4.05. The maximum atomic E-state index is 14.2. The predicted molar refractivity (Wildman–Crippen MR) is 91.5 cm³/mol. The number of rotatable bonds is 7. The normalized spacial score (nSPS) is 14.2. The summed E-state index contributed by atoms with van der Waals surface area (Å²) in [5, 5.41) is 13.2. The summed E-state index contributed by atoms with van der Waals surface area (Å²) >= 11 is 1.49. The smallest absolute Gasteiger partial charge is 0.237 e. The molecule has 3 aromatic rings. The Morgan fingerprint density at radius 1 is 1.28 bits per heavy atom. The second-order valence-corrected chi connectivity index (χ2v) is 6.97. The highest BCUT2D eigenvalue weighted by Crippen LogP contribution is 2.41. The van der Waals surface area contributed by atoms with Crippen molar-refractivity contribution in [3.8, 4) is 11.4 Å². The second kappa shape index (κ2) is 6.95. The van der Waals surface area contributed by atoms with E-state index in [-0.39, 0.29) is 5.82 Å². The van der Waals surface area contributed by atoms with E-state index in [1.165, 1.54) is 17.8 Å². The molecule has 0 saturated heterocycles. The lowest BCUT2D eigenvalue weighted by Crippen LogP contribution is -2.01. The van der Waals surface area contributed by atoms with Gasteiger partial charge in [0.2, 0.25) is 5.89 Å². The molecule has 2 heterocycles. The molecular formula is C17H18FN5OS. The summed E-state index contributed by atoms with van der Waals surface area (Å²) in [4.78, 5) is 4.37. The molecule has 1 aliphatic carbocycles. The molecule has 1 fully saturated rings. The zero-order chi connectivity index (χ0) is 17.2. The van der Waals surface area contributed by atoms with E-state index in [4.69, 9.17) is 4.52 Å². The first-order valence-electron chi connectivity index (χ1n) is 8.40. The number of aromatic nitrogens is 5. The van der Waals surface area contributed by atoms with Crippen LogP contribution in [0.25, 0.3) is 11.4 Å². The molecule has 25 heavy (non-hydrogen) atoms. The fraction of sp³-hybridized carbons (Fsp3) is 0.412. The highest BCUT2D eigenvalue weighted by Gasteiger charge is 2.31. The van der Waals surface area contributed by atoms with Gasteiger partial charge in [0.1, 0.15) is 5.82 Å². The summed E-state index contributed by atoms with van der Waals surface area (Å²) in [6.45, 7) is 2.08. The molecule has 0 unspecified atom stereocenters.